The van der Waals surface area contributed by atoms with Crippen LogP contribution < -0.4 is 10.1 Å². The maximum Gasteiger partial charge on any atom is 0.123 e. The Morgan fingerprint density at radius 2 is 1.91 bits per heavy atom. The van der Waals surface area contributed by atoms with Crippen molar-refractivity contribution in [3.05, 3.63) is 29.3 Å². The number of benzene rings is 1. The second-order valence-corrected chi connectivity index (χ2v) is 6.72. The molecule has 0 unspecified atom stereocenters. The highest BCUT2D eigenvalue weighted by Gasteiger charge is 2.24. The predicted octanol–water partition coefficient (Wildman–Crippen LogP) is 3.39. The molecule has 0 radical (unpaired) electrons. The number of methoxy groups -OCH3 is 1. The van der Waals surface area contributed by atoms with Gasteiger partial charge in [0, 0.05) is 18.2 Å². The Bertz CT molecular complexity index is 468. The second kappa shape index (κ2) is 8.19. The van der Waals surface area contributed by atoms with E-state index in [9.17, 15) is 0 Å². The van der Waals surface area contributed by atoms with Crippen LogP contribution in [0.3, 0.4) is 0 Å². The molecular formula is C18H29ClN2O. The minimum atomic E-state index is 0. The molecule has 1 aliphatic carbocycles. The summed E-state index contributed by atoms with van der Waals surface area (Å²) in [6.07, 6.45) is 5.44. The van der Waals surface area contributed by atoms with Gasteiger partial charge in [-0.15, -0.1) is 12.4 Å². The van der Waals surface area contributed by atoms with Gasteiger partial charge in [-0.1, -0.05) is 17.7 Å². The summed E-state index contributed by atoms with van der Waals surface area (Å²) in [5.41, 5.74) is 2.63. The maximum absolute atomic E-state index is 5.50. The molecule has 2 fully saturated rings. The lowest BCUT2D eigenvalue weighted by molar-refractivity contribution is 0.188. The first-order valence-corrected chi connectivity index (χ1v) is 8.34. The van der Waals surface area contributed by atoms with Crippen LogP contribution in [0.15, 0.2) is 18.2 Å². The number of hydrogen-bond donors (Lipinski definition) is 1. The van der Waals surface area contributed by atoms with Crippen molar-refractivity contribution in [2.75, 3.05) is 26.7 Å². The molecule has 1 N–H and O–H groups in total. The van der Waals surface area contributed by atoms with E-state index in [-0.39, 0.29) is 12.4 Å². The normalized spacial score (nSPS) is 19.7. The molecule has 0 atom stereocenters. The lowest BCUT2D eigenvalue weighted by atomic mass is 10.0. The fourth-order valence-electron chi connectivity index (χ4n) is 3.22. The van der Waals surface area contributed by atoms with Gasteiger partial charge in [0.1, 0.15) is 5.75 Å². The van der Waals surface area contributed by atoms with E-state index in [1.807, 2.05) is 0 Å². The highest BCUT2D eigenvalue weighted by Crippen LogP contribution is 2.28. The third-order valence-electron chi connectivity index (χ3n) is 4.81. The molecule has 1 aromatic carbocycles. The molecule has 1 aliphatic heterocycles. The summed E-state index contributed by atoms with van der Waals surface area (Å²) in [5, 5.41) is 3.75. The molecule has 0 amide bonds. The maximum atomic E-state index is 5.50. The average molecular weight is 325 g/mol. The lowest BCUT2D eigenvalue weighted by Crippen LogP contribution is -2.42. The second-order valence-electron chi connectivity index (χ2n) is 6.72. The Hall–Kier alpha value is -0.770. The van der Waals surface area contributed by atoms with Crippen LogP contribution >= 0.6 is 12.4 Å². The fourth-order valence-corrected chi connectivity index (χ4v) is 3.22. The Morgan fingerprint density at radius 3 is 2.55 bits per heavy atom. The van der Waals surface area contributed by atoms with E-state index in [0.29, 0.717) is 0 Å². The van der Waals surface area contributed by atoms with Gasteiger partial charge in [0.25, 0.3) is 0 Å². The summed E-state index contributed by atoms with van der Waals surface area (Å²) in [6, 6.07) is 7.21. The van der Waals surface area contributed by atoms with Gasteiger partial charge in [0.2, 0.25) is 0 Å². The zero-order valence-electron chi connectivity index (χ0n) is 13.8. The molecule has 3 rings (SSSR count). The van der Waals surface area contributed by atoms with Gasteiger partial charge in [0.15, 0.2) is 0 Å². The van der Waals surface area contributed by atoms with Crippen LogP contribution in [0.1, 0.15) is 36.8 Å². The summed E-state index contributed by atoms with van der Waals surface area (Å²) < 4.78 is 5.50. The number of likely N-dealkylation sites (tertiary alicyclic amines) is 1. The quantitative estimate of drug-likeness (QED) is 0.868. The van der Waals surface area contributed by atoms with Gasteiger partial charge in [-0.05, 0) is 64.2 Å². The average Bonchev–Trinajstić information content (AvgIpc) is 3.31. The van der Waals surface area contributed by atoms with Gasteiger partial charge in [-0.3, -0.25) is 4.90 Å². The third kappa shape index (κ3) is 4.87. The van der Waals surface area contributed by atoms with E-state index in [0.717, 1.165) is 24.3 Å². The number of piperidine rings is 1. The molecule has 4 heteroatoms. The van der Waals surface area contributed by atoms with Crippen molar-refractivity contribution in [2.45, 2.75) is 45.2 Å². The van der Waals surface area contributed by atoms with E-state index < -0.39 is 0 Å². The van der Waals surface area contributed by atoms with Crippen LogP contribution in [-0.2, 0) is 6.54 Å². The van der Waals surface area contributed by atoms with Crippen LogP contribution in [0, 0.1) is 12.8 Å². The number of halogens is 1. The third-order valence-corrected chi connectivity index (χ3v) is 4.81. The number of nitrogens with one attached hydrogen (secondary N) is 1. The van der Waals surface area contributed by atoms with Gasteiger partial charge >= 0.3 is 0 Å². The standard InChI is InChI=1S/C18H28N2O.ClH/c1-14-3-6-18(21-2)16(11-14)13-20-9-7-17(8-10-20)19-12-15-4-5-15;/h3,6,11,15,17,19H,4-5,7-10,12-13H2,1-2H3;1H. The van der Waals surface area contributed by atoms with Crippen LogP contribution in [0.5, 0.6) is 5.75 Å². The van der Waals surface area contributed by atoms with Crippen molar-refractivity contribution >= 4 is 12.4 Å². The van der Waals surface area contributed by atoms with Crippen molar-refractivity contribution in [1.29, 1.82) is 0 Å². The molecule has 22 heavy (non-hydrogen) atoms. The van der Waals surface area contributed by atoms with Crippen LogP contribution in [-0.4, -0.2) is 37.7 Å². The summed E-state index contributed by atoms with van der Waals surface area (Å²) in [5.74, 6) is 2.01. The highest BCUT2D eigenvalue weighted by atomic mass is 35.5. The molecule has 1 heterocycles. The molecule has 124 valence electrons. The van der Waals surface area contributed by atoms with Crippen molar-refractivity contribution in [2.24, 2.45) is 5.92 Å². The van der Waals surface area contributed by atoms with Crippen LogP contribution in [0.4, 0.5) is 0 Å². The first-order chi connectivity index (χ1) is 10.2. The topological polar surface area (TPSA) is 24.5 Å². The molecule has 1 aromatic rings. The molecule has 0 spiro atoms. The van der Waals surface area contributed by atoms with Crippen molar-refractivity contribution in [3.8, 4) is 5.75 Å². The molecule has 0 aromatic heterocycles. The van der Waals surface area contributed by atoms with Crippen LogP contribution in [0.25, 0.3) is 0 Å². The highest BCUT2D eigenvalue weighted by molar-refractivity contribution is 5.85. The first kappa shape index (κ1) is 17.6. The lowest BCUT2D eigenvalue weighted by Gasteiger charge is -2.32. The van der Waals surface area contributed by atoms with Gasteiger partial charge in [-0.2, -0.15) is 0 Å². The van der Waals surface area contributed by atoms with Gasteiger partial charge < -0.3 is 10.1 Å². The molecule has 3 nitrogen and oxygen atoms in total. The summed E-state index contributed by atoms with van der Waals surface area (Å²) >= 11 is 0. The van der Waals surface area contributed by atoms with E-state index >= 15 is 0 Å². The summed E-state index contributed by atoms with van der Waals surface area (Å²) in [6.45, 7) is 6.80. The zero-order chi connectivity index (χ0) is 14.7. The number of nitrogens with zero attached hydrogens (tertiary/aromatic N) is 1. The largest absolute Gasteiger partial charge is 0.496 e. The van der Waals surface area contributed by atoms with E-state index in [1.165, 1.54) is 56.4 Å². The zero-order valence-corrected chi connectivity index (χ0v) is 14.6. The van der Waals surface area contributed by atoms with Gasteiger partial charge in [-0.25, -0.2) is 0 Å². The molecule has 0 bridgehead atoms. The minimum Gasteiger partial charge on any atom is -0.496 e. The smallest absolute Gasteiger partial charge is 0.123 e. The fraction of sp³-hybridized carbons (Fsp3) is 0.667. The molecule has 2 aliphatic rings. The van der Waals surface area contributed by atoms with E-state index in [2.05, 4.69) is 35.3 Å². The summed E-state index contributed by atoms with van der Waals surface area (Å²) in [4.78, 5) is 2.56. The van der Waals surface area contributed by atoms with Crippen molar-refractivity contribution < 1.29 is 4.74 Å². The monoisotopic (exact) mass is 324 g/mol. The predicted molar refractivity (Wildman–Crippen MR) is 94.0 cm³/mol. The number of rotatable bonds is 6. The van der Waals surface area contributed by atoms with Gasteiger partial charge in [0.05, 0.1) is 7.11 Å². The Morgan fingerprint density at radius 1 is 1.18 bits per heavy atom. The Kier molecular flexibility index (Phi) is 6.54. The summed E-state index contributed by atoms with van der Waals surface area (Å²) in [7, 11) is 1.77. The number of aryl methyl sites for hydroxylation is 1. The van der Waals surface area contributed by atoms with E-state index in [1.54, 1.807) is 7.11 Å². The SMILES string of the molecule is COc1ccc(C)cc1CN1CCC(NCC2CC2)CC1.Cl. The van der Waals surface area contributed by atoms with E-state index in [4.69, 9.17) is 4.74 Å². The Balaban J connectivity index is 0.00000176. The van der Waals surface area contributed by atoms with Crippen molar-refractivity contribution in [3.63, 3.8) is 0 Å². The van der Waals surface area contributed by atoms with Crippen LogP contribution in [0.2, 0.25) is 0 Å². The number of ether oxygens (including phenoxy) is 1. The van der Waals surface area contributed by atoms with Crippen molar-refractivity contribution in [1.82, 2.24) is 10.2 Å². The Labute approximate surface area is 140 Å². The molecule has 1 saturated heterocycles. The first-order valence-electron chi connectivity index (χ1n) is 8.34. The number of hydrogen-bond acceptors (Lipinski definition) is 3. The molecule has 1 saturated carbocycles. The molecular weight excluding hydrogens is 296 g/mol. The minimum absolute atomic E-state index is 0.